The first-order valence-electron chi connectivity index (χ1n) is 11.0. The van der Waals surface area contributed by atoms with Gasteiger partial charge in [-0.2, -0.15) is 8.78 Å². The molecule has 174 valence electrons. The number of likely N-dealkylation sites (tertiary alicyclic amines) is 1. The van der Waals surface area contributed by atoms with Crippen molar-refractivity contribution in [1.29, 1.82) is 0 Å². The number of amides is 1. The molecular weight excluding hydrogens is 442 g/mol. The van der Waals surface area contributed by atoms with Crippen LogP contribution in [0.25, 0.3) is 33.1 Å². The summed E-state index contributed by atoms with van der Waals surface area (Å²) in [5.74, 6) is -0.252. The third-order valence-electron chi connectivity index (χ3n) is 6.13. The van der Waals surface area contributed by atoms with E-state index < -0.39 is 12.7 Å². The number of nitrogens with zero attached hydrogens (tertiary/aromatic N) is 4. The fourth-order valence-corrected chi connectivity index (χ4v) is 4.35. The minimum Gasteiger partial charge on any atom is -0.336 e. The zero-order chi connectivity index (χ0) is 23.8. The zero-order valence-electron chi connectivity index (χ0n) is 18.4. The molecule has 4 aromatic rings. The maximum atomic E-state index is 13.0. The van der Waals surface area contributed by atoms with Crippen LogP contribution in [-0.2, 0) is 11.8 Å². The number of carbonyl (C=O) groups is 1. The highest BCUT2D eigenvalue weighted by Crippen LogP contribution is 2.24. The second kappa shape index (κ2) is 8.90. The van der Waals surface area contributed by atoms with Gasteiger partial charge in [0.05, 0.1) is 29.0 Å². The Morgan fingerprint density at radius 1 is 1.15 bits per heavy atom. The molecule has 7 nitrogen and oxygen atoms in total. The van der Waals surface area contributed by atoms with Crippen LogP contribution in [-0.4, -0.2) is 51.1 Å². The average Bonchev–Trinajstić information content (AvgIpc) is 2.84. The van der Waals surface area contributed by atoms with E-state index in [9.17, 15) is 18.4 Å². The minimum absolute atomic E-state index is 0.0734. The summed E-state index contributed by atoms with van der Waals surface area (Å²) in [5, 5.41) is 1.42. The molecule has 0 spiro atoms. The lowest BCUT2D eigenvalue weighted by atomic mass is 10.1. The number of ether oxygens (including phenoxy) is 1. The summed E-state index contributed by atoms with van der Waals surface area (Å²) in [6, 6.07) is 12.4. The Balaban J connectivity index is 1.45. The summed E-state index contributed by atoms with van der Waals surface area (Å²) in [5.41, 5.74) is 2.93. The number of fused-ring (bicyclic) bond motifs is 2. The molecule has 0 N–H and O–H groups in total. The number of aryl methyl sites for hydroxylation is 1. The lowest BCUT2D eigenvalue weighted by Gasteiger charge is -2.32. The maximum absolute atomic E-state index is 13.0. The number of benzene rings is 2. The van der Waals surface area contributed by atoms with Gasteiger partial charge in [-0.15, -0.1) is 0 Å². The van der Waals surface area contributed by atoms with Gasteiger partial charge >= 0.3 is 6.61 Å². The second-order valence-corrected chi connectivity index (χ2v) is 8.40. The molecule has 1 aliphatic rings. The fraction of sp³-hybridized carbons (Fsp3) is 0.280. The molecular formula is C25H22F2N4O3. The second-order valence-electron chi connectivity index (χ2n) is 8.40. The van der Waals surface area contributed by atoms with Crippen LogP contribution in [0.1, 0.15) is 23.2 Å². The van der Waals surface area contributed by atoms with Crippen molar-refractivity contribution in [2.75, 3.05) is 13.1 Å². The Hall–Kier alpha value is -3.72. The normalized spacial score (nSPS) is 16.5. The molecule has 3 heterocycles. The van der Waals surface area contributed by atoms with Crippen molar-refractivity contribution in [2.24, 2.45) is 7.05 Å². The van der Waals surface area contributed by atoms with Crippen molar-refractivity contribution >= 4 is 27.7 Å². The lowest BCUT2D eigenvalue weighted by molar-refractivity contribution is -0.171. The highest BCUT2D eigenvalue weighted by molar-refractivity contribution is 5.97. The van der Waals surface area contributed by atoms with Gasteiger partial charge in [0.2, 0.25) is 0 Å². The predicted octanol–water partition coefficient (Wildman–Crippen LogP) is 3.99. The Bertz CT molecular complexity index is 1450. The fourth-order valence-electron chi connectivity index (χ4n) is 4.35. The minimum atomic E-state index is -2.85. The van der Waals surface area contributed by atoms with E-state index in [4.69, 9.17) is 4.98 Å². The Kier molecular flexibility index (Phi) is 5.79. The van der Waals surface area contributed by atoms with E-state index in [1.165, 1.54) is 4.57 Å². The molecule has 0 unspecified atom stereocenters. The van der Waals surface area contributed by atoms with E-state index in [2.05, 4.69) is 9.72 Å². The molecule has 0 radical (unpaired) electrons. The maximum Gasteiger partial charge on any atom is 0.345 e. The first-order chi connectivity index (χ1) is 16.4. The third kappa shape index (κ3) is 4.26. The van der Waals surface area contributed by atoms with E-state index in [0.29, 0.717) is 47.1 Å². The van der Waals surface area contributed by atoms with Crippen LogP contribution in [0.3, 0.4) is 0 Å². The van der Waals surface area contributed by atoms with Gasteiger partial charge in [-0.1, -0.05) is 6.07 Å². The lowest BCUT2D eigenvalue weighted by Crippen LogP contribution is -2.43. The van der Waals surface area contributed by atoms with Crippen LogP contribution < -0.4 is 5.56 Å². The molecule has 0 aliphatic carbocycles. The van der Waals surface area contributed by atoms with Crippen molar-refractivity contribution in [2.45, 2.75) is 25.6 Å². The number of alkyl halides is 2. The van der Waals surface area contributed by atoms with Crippen LogP contribution in [0.4, 0.5) is 8.78 Å². The van der Waals surface area contributed by atoms with Gasteiger partial charge in [0.1, 0.15) is 0 Å². The van der Waals surface area contributed by atoms with E-state index in [-0.39, 0.29) is 18.0 Å². The molecule has 1 atom stereocenters. The average molecular weight is 464 g/mol. The summed E-state index contributed by atoms with van der Waals surface area (Å²) in [4.78, 5) is 36.1. The molecule has 1 fully saturated rings. The van der Waals surface area contributed by atoms with E-state index in [0.717, 1.165) is 10.9 Å². The molecule has 1 aliphatic heterocycles. The van der Waals surface area contributed by atoms with E-state index >= 15 is 0 Å². The van der Waals surface area contributed by atoms with Gasteiger partial charge in [0.15, 0.2) is 0 Å². The highest BCUT2D eigenvalue weighted by Gasteiger charge is 2.27. The summed E-state index contributed by atoms with van der Waals surface area (Å²) in [6.45, 7) is -2.24. The smallest absolute Gasteiger partial charge is 0.336 e. The SMILES string of the molecule is Cn1ccc2cc(-c3cnc4ccc(C(=O)N5CCC[C@H](OC(F)F)C5)cc4n3)ccc2c1=O. The van der Waals surface area contributed by atoms with Gasteiger partial charge in [0, 0.05) is 42.8 Å². The molecule has 34 heavy (non-hydrogen) atoms. The standard InChI is InChI=1S/C25H22F2N4O3/c1-30-10-8-15-11-16(4-6-19(15)24(30)33)22-13-28-20-7-5-17(12-21(20)29-22)23(32)31-9-2-3-18(14-31)34-25(26)27/h4-8,10-13,18,25H,2-3,9,14H2,1H3/t18-/m0/s1. The van der Waals surface area contributed by atoms with Gasteiger partial charge < -0.3 is 14.2 Å². The quantitative estimate of drug-likeness (QED) is 0.456. The summed E-state index contributed by atoms with van der Waals surface area (Å²) in [6.07, 6.45) is 3.80. The van der Waals surface area contributed by atoms with Crippen LogP contribution >= 0.6 is 0 Å². The first-order valence-corrected chi connectivity index (χ1v) is 11.0. The topological polar surface area (TPSA) is 77.3 Å². The third-order valence-corrected chi connectivity index (χ3v) is 6.13. The molecule has 9 heteroatoms. The van der Waals surface area contributed by atoms with Crippen molar-refractivity contribution < 1.29 is 18.3 Å². The summed E-state index contributed by atoms with van der Waals surface area (Å²) in [7, 11) is 1.71. The predicted molar refractivity (Wildman–Crippen MR) is 124 cm³/mol. The van der Waals surface area contributed by atoms with Gasteiger partial charge in [-0.05, 0) is 54.6 Å². The number of halogens is 2. The number of aromatic nitrogens is 3. The van der Waals surface area contributed by atoms with Crippen molar-refractivity contribution in [3.8, 4) is 11.3 Å². The summed E-state index contributed by atoms with van der Waals surface area (Å²) < 4.78 is 31.3. The van der Waals surface area contributed by atoms with Gasteiger partial charge in [-0.25, -0.2) is 4.98 Å². The monoisotopic (exact) mass is 464 g/mol. The summed E-state index contributed by atoms with van der Waals surface area (Å²) >= 11 is 0. The largest absolute Gasteiger partial charge is 0.345 e. The number of carbonyl (C=O) groups excluding carboxylic acids is 1. The van der Waals surface area contributed by atoms with Crippen molar-refractivity contribution in [1.82, 2.24) is 19.4 Å². The number of hydrogen-bond donors (Lipinski definition) is 0. The molecule has 1 amide bonds. The zero-order valence-corrected chi connectivity index (χ0v) is 18.4. The first kappa shape index (κ1) is 22.1. The number of pyridine rings is 1. The molecule has 0 bridgehead atoms. The molecule has 2 aromatic heterocycles. The van der Waals surface area contributed by atoms with Gasteiger partial charge in [-0.3, -0.25) is 14.6 Å². The number of piperidine rings is 1. The van der Waals surface area contributed by atoms with E-state index in [1.54, 1.807) is 48.6 Å². The Morgan fingerprint density at radius 3 is 2.82 bits per heavy atom. The highest BCUT2D eigenvalue weighted by atomic mass is 19.3. The van der Waals surface area contributed by atoms with Crippen LogP contribution in [0.2, 0.25) is 0 Å². The van der Waals surface area contributed by atoms with Crippen LogP contribution in [0, 0.1) is 0 Å². The number of rotatable bonds is 4. The Labute approximate surface area is 193 Å². The van der Waals surface area contributed by atoms with Crippen molar-refractivity contribution in [3.05, 3.63) is 70.8 Å². The van der Waals surface area contributed by atoms with Gasteiger partial charge in [0.25, 0.3) is 11.5 Å². The van der Waals surface area contributed by atoms with Crippen LogP contribution in [0.5, 0.6) is 0 Å². The Morgan fingerprint density at radius 2 is 2.00 bits per heavy atom. The molecule has 0 saturated carbocycles. The number of hydrogen-bond acceptors (Lipinski definition) is 5. The van der Waals surface area contributed by atoms with E-state index in [1.807, 2.05) is 18.2 Å². The molecule has 2 aromatic carbocycles. The van der Waals surface area contributed by atoms with Crippen molar-refractivity contribution in [3.63, 3.8) is 0 Å². The molecule has 5 rings (SSSR count). The van der Waals surface area contributed by atoms with Crippen LogP contribution in [0.15, 0.2) is 59.7 Å². The molecule has 1 saturated heterocycles.